The predicted molar refractivity (Wildman–Crippen MR) is 68.6 cm³/mol. The van der Waals surface area contributed by atoms with E-state index in [0.717, 1.165) is 12.4 Å². The second-order valence-corrected chi connectivity index (χ2v) is 6.47. The van der Waals surface area contributed by atoms with Gasteiger partial charge in [-0.25, -0.2) is 9.67 Å². The number of rotatable bonds is 4. The topological polar surface area (TPSA) is 42.7 Å². The van der Waals surface area contributed by atoms with Crippen molar-refractivity contribution in [3.63, 3.8) is 0 Å². The zero-order valence-electron chi connectivity index (χ0n) is 11.8. The molecule has 0 unspecified atom stereocenters. The van der Waals surface area contributed by atoms with Crippen LogP contribution in [0.3, 0.4) is 0 Å². The Morgan fingerprint density at radius 1 is 1.29 bits per heavy atom. The van der Waals surface area contributed by atoms with Crippen molar-refractivity contribution in [3.8, 4) is 0 Å². The molecule has 4 heteroatoms. The van der Waals surface area contributed by atoms with Gasteiger partial charge in [0.2, 0.25) is 0 Å². The van der Waals surface area contributed by atoms with Gasteiger partial charge in [-0.2, -0.15) is 5.10 Å². The zero-order valence-corrected chi connectivity index (χ0v) is 11.8. The van der Waals surface area contributed by atoms with Crippen LogP contribution in [-0.2, 0) is 6.54 Å². The van der Waals surface area contributed by atoms with Crippen molar-refractivity contribution in [1.82, 2.24) is 20.1 Å². The molecule has 1 aromatic rings. The minimum atomic E-state index is 0.370. The number of nitrogens with zero attached hydrogens (tertiary/aromatic N) is 3. The van der Waals surface area contributed by atoms with Crippen LogP contribution in [0, 0.1) is 10.8 Å². The summed E-state index contributed by atoms with van der Waals surface area (Å²) in [6.07, 6.45) is 1.64. The lowest BCUT2D eigenvalue weighted by molar-refractivity contribution is 0.457. The summed E-state index contributed by atoms with van der Waals surface area (Å²) in [6, 6.07) is 0.932. The van der Waals surface area contributed by atoms with E-state index in [2.05, 4.69) is 56.9 Å². The van der Waals surface area contributed by atoms with Gasteiger partial charge in [-0.15, -0.1) is 0 Å². The molecule has 0 saturated heterocycles. The van der Waals surface area contributed by atoms with Gasteiger partial charge in [-0.3, -0.25) is 0 Å². The number of hydrogen-bond donors (Lipinski definition) is 1. The van der Waals surface area contributed by atoms with Gasteiger partial charge in [0, 0.05) is 12.1 Å². The van der Waals surface area contributed by atoms with Crippen molar-refractivity contribution >= 4 is 0 Å². The number of hydrogen-bond acceptors (Lipinski definition) is 3. The maximum atomic E-state index is 4.32. The van der Waals surface area contributed by atoms with E-state index in [-0.39, 0.29) is 0 Å². The van der Waals surface area contributed by atoms with E-state index < -0.39 is 0 Å². The fraction of sp³-hybridized carbons (Fsp3) is 0.846. The summed E-state index contributed by atoms with van der Waals surface area (Å²) in [7, 11) is 0. The molecule has 1 aliphatic carbocycles. The molecule has 0 amide bonds. The van der Waals surface area contributed by atoms with Gasteiger partial charge in [-0.05, 0) is 24.7 Å². The predicted octanol–water partition coefficient (Wildman–Crippen LogP) is 2.38. The summed E-state index contributed by atoms with van der Waals surface area (Å²) in [5, 5.41) is 7.86. The van der Waals surface area contributed by atoms with Gasteiger partial charge in [-0.1, -0.05) is 27.7 Å². The molecule has 96 valence electrons. The van der Waals surface area contributed by atoms with Gasteiger partial charge in [0.1, 0.15) is 12.2 Å². The van der Waals surface area contributed by atoms with Crippen LogP contribution >= 0.6 is 0 Å². The SMILES string of the molecule is CC(C)n1ncnc1CNC1C(C)(C)C1(C)C. The van der Waals surface area contributed by atoms with Crippen LogP contribution in [0.1, 0.15) is 53.4 Å². The summed E-state index contributed by atoms with van der Waals surface area (Å²) in [4.78, 5) is 4.32. The first-order valence-electron chi connectivity index (χ1n) is 6.40. The van der Waals surface area contributed by atoms with Gasteiger partial charge < -0.3 is 5.32 Å². The Kier molecular flexibility index (Phi) is 2.81. The summed E-state index contributed by atoms with van der Waals surface area (Å²) in [5.74, 6) is 1.03. The summed E-state index contributed by atoms with van der Waals surface area (Å²) < 4.78 is 1.98. The molecule has 0 bridgehead atoms. The van der Waals surface area contributed by atoms with E-state index in [9.17, 15) is 0 Å². The van der Waals surface area contributed by atoms with E-state index in [0.29, 0.717) is 22.9 Å². The van der Waals surface area contributed by atoms with Crippen LogP contribution in [0.2, 0.25) is 0 Å². The average molecular weight is 236 g/mol. The van der Waals surface area contributed by atoms with Crippen LogP contribution in [0.25, 0.3) is 0 Å². The van der Waals surface area contributed by atoms with Crippen LogP contribution in [0.15, 0.2) is 6.33 Å². The summed E-state index contributed by atoms with van der Waals surface area (Å²) >= 11 is 0. The fourth-order valence-corrected chi connectivity index (χ4v) is 2.73. The molecule has 2 rings (SSSR count). The third-order valence-corrected chi connectivity index (χ3v) is 4.62. The Hall–Kier alpha value is -0.900. The molecule has 0 atom stereocenters. The van der Waals surface area contributed by atoms with Crippen LogP contribution in [-0.4, -0.2) is 20.8 Å². The Balaban J connectivity index is 1.98. The van der Waals surface area contributed by atoms with E-state index in [4.69, 9.17) is 0 Å². The van der Waals surface area contributed by atoms with E-state index in [1.165, 1.54) is 0 Å². The van der Waals surface area contributed by atoms with Gasteiger partial charge >= 0.3 is 0 Å². The van der Waals surface area contributed by atoms with E-state index in [1.54, 1.807) is 6.33 Å². The number of aromatic nitrogens is 3. The highest BCUT2D eigenvalue weighted by Crippen LogP contribution is 2.62. The molecule has 1 aromatic heterocycles. The van der Waals surface area contributed by atoms with Crippen LogP contribution < -0.4 is 5.32 Å². The lowest BCUT2D eigenvalue weighted by Crippen LogP contribution is -2.24. The molecule has 4 nitrogen and oxygen atoms in total. The largest absolute Gasteiger partial charge is 0.306 e. The molecular weight excluding hydrogens is 212 g/mol. The highest BCUT2D eigenvalue weighted by Gasteiger charge is 2.64. The Labute approximate surface area is 104 Å². The maximum absolute atomic E-state index is 4.32. The van der Waals surface area contributed by atoms with Gasteiger partial charge in [0.25, 0.3) is 0 Å². The molecule has 1 N–H and O–H groups in total. The minimum Gasteiger partial charge on any atom is -0.306 e. The first kappa shape index (κ1) is 12.6. The molecule has 0 aliphatic heterocycles. The fourth-order valence-electron chi connectivity index (χ4n) is 2.73. The Morgan fingerprint density at radius 2 is 1.88 bits per heavy atom. The Bertz CT molecular complexity index is 389. The van der Waals surface area contributed by atoms with Crippen LogP contribution in [0.5, 0.6) is 0 Å². The third kappa shape index (κ3) is 1.88. The standard InChI is InChI=1S/C13H24N4/c1-9(2)17-10(15-8-16-17)7-14-11-12(3,4)13(11,5)6/h8-9,11,14H,7H2,1-6H3. The molecule has 17 heavy (non-hydrogen) atoms. The van der Waals surface area contributed by atoms with E-state index in [1.807, 2.05) is 4.68 Å². The molecule has 0 spiro atoms. The van der Waals surface area contributed by atoms with Crippen molar-refractivity contribution in [2.75, 3.05) is 0 Å². The normalized spacial score (nSPS) is 22.1. The molecule has 1 heterocycles. The minimum absolute atomic E-state index is 0.370. The van der Waals surface area contributed by atoms with Crippen LogP contribution in [0.4, 0.5) is 0 Å². The Morgan fingerprint density at radius 3 is 2.35 bits per heavy atom. The van der Waals surface area contributed by atoms with Crippen molar-refractivity contribution < 1.29 is 0 Å². The highest BCUT2D eigenvalue weighted by molar-refractivity contribution is 5.17. The molecule has 1 fully saturated rings. The molecular formula is C13H24N4. The molecule has 0 radical (unpaired) electrons. The van der Waals surface area contributed by atoms with Gasteiger partial charge in [0.15, 0.2) is 0 Å². The molecule has 0 aromatic carbocycles. The smallest absolute Gasteiger partial charge is 0.141 e. The van der Waals surface area contributed by atoms with Crippen molar-refractivity contribution in [2.45, 2.75) is 60.2 Å². The first-order chi connectivity index (χ1) is 7.78. The first-order valence-corrected chi connectivity index (χ1v) is 6.40. The monoisotopic (exact) mass is 236 g/mol. The lowest BCUT2D eigenvalue weighted by atomic mass is 10.0. The molecule has 1 aliphatic rings. The van der Waals surface area contributed by atoms with Crippen molar-refractivity contribution in [1.29, 1.82) is 0 Å². The highest BCUT2D eigenvalue weighted by atomic mass is 15.4. The third-order valence-electron chi connectivity index (χ3n) is 4.62. The summed E-state index contributed by atoms with van der Waals surface area (Å²) in [5.41, 5.74) is 0.741. The second kappa shape index (κ2) is 3.80. The zero-order chi connectivity index (χ0) is 12.8. The van der Waals surface area contributed by atoms with Gasteiger partial charge in [0.05, 0.1) is 6.54 Å². The van der Waals surface area contributed by atoms with Crippen molar-refractivity contribution in [3.05, 3.63) is 12.2 Å². The summed E-state index contributed by atoms with van der Waals surface area (Å²) in [6.45, 7) is 14.3. The van der Waals surface area contributed by atoms with E-state index >= 15 is 0 Å². The van der Waals surface area contributed by atoms with Crippen molar-refractivity contribution in [2.24, 2.45) is 10.8 Å². The maximum Gasteiger partial charge on any atom is 0.141 e. The number of nitrogens with one attached hydrogen (secondary N) is 1. The molecule has 1 saturated carbocycles. The lowest BCUT2D eigenvalue weighted by Gasteiger charge is -2.10. The average Bonchev–Trinajstić information content (AvgIpc) is 2.56. The second-order valence-electron chi connectivity index (χ2n) is 6.47. The quantitative estimate of drug-likeness (QED) is 0.873.